The lowest BCUT2D eigenvalue weighted by atomic mass is 10.2. The Labute approximate surface area is 110 Å². The number of hydrogen-bond donors (Lipinski definition) is 0. The number of hydrogen-bond acceptors (Lipinski definition) is 4. The summed E-state index contributed by atoms with van der Waals surface area (Å²) in [6.45, 7) is 14.2. The van der Waals surface area contributed by atoms with Crippen molar-refractivity contribution in [1.29, 1.82) is 0 Å². The Kier molecular flexibility index (Phi) is 4.61. The number of rotatable bonds is 4. The van der Waals surface area contributed by atoms with Crippen LogP contribution in [0.3, 0.4) is 0 Å². The summed E-state index contributed by atoms with van der Waals surface area (Å²) in [5, 5.41) is 0.317. The van der Waals surface area contributed by atoms with Crippen molar-refractivity contribution in [1.82, 2.24) is 0 Å². The van der Waals surface area contributed by atoms with Crippen molar-refractivity contribution in [2.75, 3.05) is 13.2 Å². The van der Waals surface area contributed by atoms with E-state index in [1.165, 1.54) is 5.57 Å². The minimum atomic E-state index is -1.44. The predicted octanol–water partition coefficient (Wildman–Crippen LogP) is 3.49. The van der Waals surface area contributed by atoms with Gasteiger partial charge in [0, 0.05) is 0 Å². The van der Waals surface area contributed by atoms with Gasteiger partial charge in [0.15, 0.2) is 6.61 Å². The SMILES string of the molecule is C/C(=C\[Si](C)(C)C(C)(C)C)COC1COC(=O)O1. The minimum absolute atomic E-state index is 0.187. The normalized spacial score (nSPS) is 21.8. The Bertz CT molecular complexity index is 341. The number of ether oxygens (including phenoxy) is 3. The monoisotopic (exact) mass is 272 g/mol. The van der Waals surface area contributed by atoms with Crippen LogP contribution in [-0.2, 0) is 14.2 Å². The Morgan fingerprint density at radius 3 is 2.56 bits per heavy atom. The fourth-order valence-corrected chi connectivity index (χ4v) is 3.24. The Morgan fingerprint density at radius 2 is 2.11 bits per heavy atom. The van der Waals surface area contributed by atoms with Gasteiger partial charge in [-0.25, -0.2) is 4.79 Å². The summed E-state index contributed by atoms with van der Waals surface area (Å²) < 4.78 is 14.9. The zero-order chi connectivity index (χ0) is 14.0. The molecule has 0 aromatic carbocycles. The Balaban J connectivity index is 2.50. The summed E-state index contributed by atoms with van der Waals surface area (Å²) in [5.74, 6) is 0. The van der Waals surface area contributed by atoms with Crippen LogP contribution in [-0.4, -0.2) is 33.7 Å². The first-order chi connectivity index (χ1) is 8.12. The van der Waals surface area contributed by atoms with Crippen LogP contribution in [0.4, 0.5) is 4.79 Å². The van der Waals surface area contributed by atoms with Crippen LogP contribution >= 0.6 is 0 Å². The molecule has 18 heavy (non-hydrogen) atoms. The van der Waals surface area contributed by atoms with Gasteiger partial charge in [-0.15, -0.1) is 0 Å². The molecule has 0 amide bonds. The average Bonchev–Trinajstić information content (AvgIpc) is 2.59. The summed E-state index contributed by atoms with van der Waals surface area (Å²) in [7, 11) is -1.44. The summed E-state index contributed by atoms with van der Waals surface area (Å²) in [6.07, 6.45) is -1.20. The third-order valence-corrected chi connectivity index (χ3v) is 8.68. The first-order valence-electron chi connectivity index (χ1n) is 6.25. The highest BCUT2D eigenvalue weighted by Crippen LogP contribution is 2.37. The molecule has 1 unspecified atom stereocenters. The zero-order valence-electron chi connectivity index (χ0n) is 12.2. The van der Waals surface area contributed by atoms with Gasteiger partial charge < -0.3 is 14.2 Å². The van der Waals surface area contributed by atoms with Gasteiger partial charge in [-0.05, 0) is 12.0 Å². The van der Waals surface area contributed by atoms with Crippen molar-refractivity contribution < 1.29 is 19.0 Å². The maximum absolute atomic E-state index is 10.7. The van der Waals surface area contributed by atoms with Crippen LogP contribution in [0.1, 0.15) is 27.7 Å². The molecule has 0 N–H and O–H groups in total. The molecule has 0 saturated carbocycles. The lowest BCUT2D eigenvalue weighted by Gasteiger charge is -2.34. The van der Waals surface area contributed by atoms with Crippen LogP contribution in [0.5, 0.6) is 0 Å². The molecule has 1 rings (SSSR count). The van der Waals surface area contributed by atoms with Gasteiger partial charge in [-0.3, -0.25) is 0 Å². The summed E-state index contributed by atoms with van der Waals surface area (Å²) >= 11 is 0. The molecule has 104 valence electrons. The molecule has 0 radical (unpaired) electrons. The van der Waals surface area contributed by atoms with Gasteiger partial charge in [0.1, 0.15) is 0 Å². The average molecular weight is 272 g/mol. The Hall–Kier alpha value is -0.813. The van der Waals surface area contributed by atoms with Crippen molar-refractivity contribution >= 4 is 14.2 Å². The van der Waals surface area contributed by atoms with E-state index in [9.17, 15) is 4.79 Å². The van der Waals surface area contributed by atoms with Gasteiger partial charge in [-0.2, -0.15) is 0 Å². The number of cyclic esters (lactones) is 2. The minimum Gasteiger partial charge on any atom is -0.428 e. The summed E-state index contributed by atoms with van der Waals surface area (Å²) in [6, 6.07) is 0. The van der Waals surface area contributed by atoms with Gasteiger partial charge >= 0.3 is 6.16 Å². The van der Waals surface area contributed by atoms with E-state index in [-0.39, 0.29) is 6.61 Å². The van der Waals surface area contributed by atoms with Crippen LogP contribution in [0.15, 0.2) is 11.3 Å². The van der Waals surface area contributed by atoms with Crippen molar-refractivity contribution in [2.24, 2.45) is 0 Å². The second-order valence-corrected chi connectivity index (χ2v) is 11.6. The predicted molar refractivity (Wildman–Crippen MR) is 73.1 cm³/mol. The van der Waals surface area contributed by atoms with Gasteiger partial charge in [0.2, 0.25) is 6.29 Å². The van der Waals surface area contributed by atoms with E-state index < -0.39 is 20.5 Å². The highest BCUT2D eigenvalue weighted by atomic mass is 28.3. The maximum atomic E-state index is 10.7. The van der Waals surface area contributed by atoms with E-state index in [0.717, 1.165) is 0 Å². The van der Waals surface area contributed by atoms with Gasteiger partial charge in [0.25, 0.3) is 0 Å². The molecule has 5 heteroatoms. The third-order valence-electron chi connectivity index (χ3n) is 3.60. The molecule has 1 atom stereocenters. The van der Waals surface area contributed by atoms with Crippen molar-refractivity contribution in [3.63, 3.8) is 0 Å². The highest BCUT2D eigenvalue weighted by Gasteiger charge is 2.33. The van der Waals surface area contributed by atoms with E-state index in [1.807, 2.05) is 0 Å². The molecule has 0 aliphatic carbocycles. The second kappa shape index (κ2) is 5.44. The van der Waals surface area contributed by atoms with Crippen molar-refractivity contribution in [2.45, 2.75) is 52.1 Å². The topological polar surface area (TPSA) is 44.8 Å². The van der Waals surface area contributed by atoms with Gasteiger partial charge in [0.05, 0.1) is 14.7 Å². The first-order valence-corrected chi connectivity index (χ1v) is 9.33. The van der Waals surface area contributed by atoms with Crippen LogP contribution in [0.2, 0.25) is 18.1 Å². The molecule has 0 aromatic rings. The third kappa shape index (κ3) is 4.14. The molecule has 1 aliphatic heterocycles. The van der Waals surface area contributed by atoms with Gasteiger partial charge in [-0.1, -0.05) is 45.1 Å². The second-order valence-electron chi connectivity index (χ2n) is 6.38. The fourth-order valence-electron chi connectivity index (χ4n) is 1.49. The molecule has 1 aliphatic rings. The number of carbonyl (C=O) groups is 1. The van der Waals surface area contributed by atoms with E-state index >= 15 is 0 Å². The molecule has 0 spiro atoms. The van der Waals surface area contributed by atoms with Crippen LogP contribution in [0, 0.1) is 0 Å². The smallest absolute Gasteiger partial charge is 0.428 e. The van der Waals surface area contributed by atoms with Crippen LogP contribution < -0.4 is 0 Å². The molecular formula is C13H24O4Si. The molecule has 1 heterocycles. The largest absolute Gasteiger partial charge is 0.510 e. The van der Waals surface area contributed by atoms with E-state index in [2.05, 4.69) is 51.2 Å². The zero-order valence-corrected chi connectivity index (χ0v) is 13.2. The lowest BCUT2D eigenvalue weighted by molar-refractivity contribution is -0.0683. The quantitative estimate of drug-likeness (QED) is 0.580. The molecule has 1 fully saturated rings. The van der Waals surface area contributed by atoms with Crippen molar-refractivity contribution in [3.8, 4) is 0 Å². The fraction of sp³-hybridized carbons (Fsp3) is 0.769. The molecule has 4 nitrogen and oxygen atoms in total. The lowest BCUT2D eigenvalue weighted by Crippen LogP contribution is -2.35. The standard InChI is InChI=1S/C13H24O4Si/c1-10(9-18(5,6)13(2,3)4)7-15-11-8-16-12(14)17-11/h9,11H,7-8H2,1-6H3/b10-9+. The molecule has 0 bridgehead atoms. The first kappa shape index (κ1) is 15.2. The summed E-state index contributed by atoms with van der Waals surface area (Å²) in [4.78, 5) is 10.7. The van der Waals surface area contributed by atoms with E-state index in [0.29, 0.717) is 11.6 Å². The molecule has 0 aromatic heterocycles. The molecular weight excluding hydrogens is 248 g/mol. The van der Waals surface area contributed by atoms with E-state index in [4.69, 9.17) is 9.47 Å². The van der Waals surface area contributed by atoms with Crippen molar-refractivity contribution in [3.05, 3.63) is 11.3 Å². The Morgan fingerprint density at radius 1 is 1.50 bits per heavy atom. The number of carbonyl (C=O) groups excluding carboxylic acids is 1. The highest BCUT2D eigenvalue weighted by molar-refractivity contribution is 6.84. The summed E-state index contributed by atoms with van der Waals surface area (Å²) in [5.41, 5.74) is 3.54. The van der Waals surface area contributed by atoms with E-state index in [1.54, 1.807) is 0 Å². The maximum Gasteiger partial charge on any atom is 0.510 e. The van der Waals surface area contributed by atoms with Crippen LogP contribution in [0.25, 0.3) is 0 Å². The molecule has 1 saturated heterocycles.